The van der Waals surface area contributed by atoms with E-state index >= 15 is 0 Å². The van der Waals surface area contributed by atoms with Crippen molar-refractivity contribution in [1.29, 1.82) is 0 Å². The number of rotatable bonds is 3. The van der Waals surface area contributed by atoms with Crippen LogP contribution in [-0.2, 0) is 4.74 Å². The fourth-order valence-corrected chi connectivity index (χ4v) is 4.23. The van der Waals surface area contributed by atoms with Gasteiger partial charge in [0.15, 0.2) is 11.0 Å². The number of carbonyl (C=O) groups is 1. The molecule has 5 nitrogen and oxygen atoms in total. The molecule has 1 aliphatic rings. The predicted octanol–water partition coefficient (Wildman–Crippen LogP) is 5.12. The molecule has 166 valence electrons. The van der Waals surface area contributed by atoms with Gasteiger partial charge in [0.1, 0.15) is 17.7 Å². The zero-order valence-electron chi connectivity index (χ0n) is 18.1. The highest BCUT2D eigenvalue weighted by Crippen LogP contribution is 2.29. The highest BCUT2D eigenvalue weighted by atomic mass is 19.1. The molecule has 2 heterocycles. The summed E-state index contributed by atoms with van der Waals surface area (Å²) in [5.41, 5.74) is 2.54. The van der Waals surface area contributed by atoms with E-state index in [-0.39, 0.29) is 28.8 Å². The Morgan fingerprint density at radius 2 is 1.76 bits per heavy atom. The van der Waals surface area contributed by atoms with E-state index in [0.29, 0.717) is 42.0 Å². The molecule has 5 rings (SSSR count). The van der Waals surface area contributed by atoms with Crippen molar-refractivity contribution in [3.63, 3.8) is 0 Å². The van der Waals surface area contributed by atoms with Crippen LogP contribution in [0.2, 0.25) is 0 Å². The van der Waals surface area contributed by atoms with Crippen LogP contribution in [0.15, 0.2) is 82.0 Å². The fraction of sp³-hybridized carbons (Fsp3) is 0.185. The van der Waals surface area contributed by atoms with Gasteiger partial charge >= 0.3 is 0 Å². The molecule has 1 atom stereocenters. The second kappa shape index (κ2) is 8.64. The lowest BCUT2D eigenvalue weighted by Crippen LogP contribution is -2.42. The fourth-order valence-electron chi connectivity index (χ4n) is 4.23. The number of hydrogen-bond acceptors (Lipinski definition) is 4. The maximum absolute atomic E-state index is 13.5. The maximum Gasteiger partial charge on any atom is 0.257 e. The maximum atomic E-state index is 13.5. The molecule has 1 aromatic heterocycles. The monoisotopic (exact) mass is 443 g/mol. The van der Waals surface area contributed by atoms with Gasteiger partial charge in [-0.3, -0.25) is 9.59 Å². The Kier molecular flexibility index (Phi) is 5.52. The van der Waals surface area contributed by atoms with Crippen LogP contribution in [-0.4, -0.2) is 30.5 Å². The summed E-state index contributed by atoms with van der Waals surface area (Å²) in [6.45, 7) is 2.82. The van der Waals surface area contributed by atoms with Gasteiger partial charge in [-0.2, -0.15) is 0 Å². The molecule has 0 N–H and O–H groups in total. The number of halogens is 1. The molecule has 3 aromatic carbocycles. The summed E-state index contributed by atoms with van der Waals surface area (Å²) in [5.74, 6) is -0.0978. The van der Waals surface area contributed by atoms with E-state index < -0.39 is 0 Å². The summed E-state index contributed by atoms with van der Waals surface area (Å²) in [4.78, 5) is 28.3. The number of fused-ring (bicyclic) bond motifs is 1. The second-order valence-electron chi connectivity index (χ2n) is 8.10. The molecule has 6 heteroatoms. The van der Waals surface area contributed by atoms with E-state index in [1.54, 1.807) is 42.2 Å². The Hall–Kier alpha value is -3.77. The minimum absolute atomic E-state index is 0.157. The molecule has 33 heavy (non-hydrogen) atoms. The summed E-state index contributed by atoms with van der Waals surface area (Å²) in [5, 5.41) is 0.376. The average molecular weight is 443 g/mol. The SMILES string of the molecule is Cc1c(-c2ccccc2)oc2c(C(=O)N3CCOC(c4ccc(F)cc4)C3)cccc2c1=O. The lowest BCUT2D eigenvalue weighted by Gasteiger charge is -2.33. The van der Waals surface area contributed by atoms with E-state index in [9.17, 15) is 14.0 Å². The second-order valence-corrected chi connectivity index (χ2v) is 8.10. The molecular weight excluding hydrogens is 421 g/mol. The number of benzene rings is 3. The van der Waals surface area contributed by atoms with Crippen LogP contribution in [0.3, 0.4) is 0 Å². The van der Waals surface area contributed by atoms with Gasteiger partial charge in [0.2, 0.25) is 0 Å². The van der Waals surface area contributed by atoms with Crippen LogP contribution in [0.1, 0.15) is 27.6 Å². The van der Waals surface area contributed by atoms with Crippen LogP contribution in [0, 0.1) is 12.7 Å². The normalized spacial score (nSPS) is 16.2. The van der Waals surface area contributed by atoms with Gasteiger partial charge in [-0.05, 0) is 36.8 Å². The van der Waals surface area contributed by atoms with E-state index in [1.165, 1.54) is 12.1 Å². The van der Waals surface area contributed by atoms with Gasteiger partial charge in [-0.15, -0.1) is 0 Å². The van der Waals surface area contributed by atoms with Crippen molar-refractivity contribution in [2.45, 2.75) is 13.0 Å². The minimum atomic E-state index is -0.354. The van der Waals surface area contributed by atoms with Crippen molar-refractivity contribution >= 4 is 16.9 Å². The van der Waals surface area contributed by atoms with Crippen LogP contribution in [0.4, 0.5) is 4.39 Å². The van der Waals surface area contributed by atoms with Gasteiger partial charge in [-0.25, -0.2) is 4.39 Å². The van der Waals surface area contributed by atoms with Crippen molar-refractivity contribution in [3.8, 4) is 11.3 Å². The molecule has 1 amide bonds. The highest BCUT2D eigenvalue weighted by Gasteiger charge is 2.28. The van der Waals surface area contributed by atoms with Crippen LogP contribution in [0.5, 0.6) is 0 Å². The number of para-hydroxylation sites is 1. The Balaban J connectivity index is 1.54. The molecule has 0 radical (unpaired) electrons. The number of carbonyl (C=O) groups excluding carboxylic acids is 1. The predicted molar refractivity (Wildman–Crippen MR) is 124 cm³/mol. The summed E-state index contributed by atoms with van der Waals surface area (Å²) in [6, 6.07) is 20.5. The van der Waals surface area contributed by atoms with E-state index in [4.69, 9.17) is 9.15 Å². The lowest BCUT2D eigenvalue weighted by molar-refractivity contribution is -0.0228. The minimum Gasteiger partial charge on any atom is -0.455 e. The molecular formula is C27H22FNO4. The summed E-state index contributed by atoms with van der Waals surface area (Å²) in [6.07, 6.45) is -0.354. The molecule has 4 aromatic rings. The number of hydrogen-bond donors (Lipinski definition) is 0. The zero-order chi connectivity index (χ0) is 22.9. The third-order valence-electron chi connectivity index (χ3n) is 6.01. The number of amides is 1. The molecule has 0 aliphatic carbocycles. The number of ether oxygens (including phenoxy) is 1. The first-order chi connectivity index (χ1) is 16.0. The van der Waals surface area contributed by atoms with Gasteiger partial charge < -0.3 is 14.1 Å². The molecule has 1 saturated heterocycles. The quantitative estimate of drug-likeness (QED) is 0.441. The van der Waals surface area contributed by atoms with Crippen molar-refractivity contribution in [3.05, 3.63) is 106 Å². The number of morpholine rings is 1. The Morgan fingerprint density at radius 1 is 1.00 bits per heavy atom. The largest absolute Gasteiger partial charge is 0.455 e. The molecule has 1 fully saturated rings. The van der Waals surface area contributed by atoms with Crippen molar-refractivity contribution in [1.82, 2.24) is 4.90 Å². The van der Waals surface area contributed by atoms with Crippen LogP contribution < -0.4 is 5.43 Å². The Labute approximate surface area is 190 Å². The summed E-state index contributed by atoms with van der Waals surface area (Å²) < 4.78 is 25.3. The third kappa shape index (κ3) is 3.94. The highest BCUT2D eigenvalue weighted by molar-refractivity contribution is 6.05. The van der Waals surface area contributed by atoms with Gasteiger partial charge in [0.05, 0.1) is 24.1 Å². The standard InChI is InChI=1S/C27H22FNO4/c1-17-24(30)21-8-5-9-22(26(21)33-25(17)19-6-3-2-4-7-19)27(31)29-14-15-32-23(16-29)18-10-12-20(28)13-11-18/h2-13,23H,14-16H2,1H3. The van der Waals surface area contributed by atoms with E-state index in [0.717, 1.165) is 11.1 Å². The summed E-state index contributed by atoms with van der Waals surface area (Å²) >= 11 is 0. The van der Waals surface area contributed by atoms with Crippen LogP contribution in [0.25, 0.3) is 22.3 Å². The smallest absolute Gasteiger partial charge is 0.257 e. The Morgan fingerprint density at radius 3 is 2.52 bits per heavy atom. The number of nitrogens with zero attached hydrogens (tertiary/aromatic N) is 1. The Bertz CT molecular complexity index is 1380. The van der Waals surface area contributed by atoms with E-state index in [2.05, 4.69) is 0 Å². The van der Waals surface area contributed by atoms with Crippen molar-refractivity contribution in [2.24, 2.45) is 0 Å². The lowest BCUT2D eigenvalue weighted by atomic mass is 10.0. The summed E-state index contributed by atoms with van der Waals surface area (Å²) in [7, 11) is 0. The third-order valence-corrected chi connectivity index (χ3v) is 6.01. The molecule has 1 unspecified atom stereocenters. The topological polar surface area (TPSA) is 59.8 Å². The molecule has 0 bridgehead atoms. The van der Waals surface area contributed by atoms with Gasteiger partial charge in [-0.1, -0.05) is 48.5 Å². The molecule has 1 aliphatic heterocycles. The van der Waals surface area contributed by atoms with Crippen LogP contribution >= 0.6 is 0 Å². The zero-order valence-corrected chi connectivity index (χ0v) is 18.1. The molecule has 0 saturated carbocycles. The van der Waals surface area contributed by atoms with Gasteiger partial charge in [0, 0.05) is 17.7 Å². The first kappa shape index (κ1) is 21.1. The van der Waals surface area contributed by atoms with Crippen molar-refractivity contribution < 1.29 is 18.3 Å². The van der Waals surface area contributed by atoms with E-state index in [1.807, 2.05) is 30.3 Å². The van der Waals surface area contributed by atoms with Crippen molar-refractivity contribution in [2.75, 3.05) is 19.7 Å². The molecule has 0 spiro atoms. The first-order valence-corrected chi connectivity index (χ1v) is 10.8. The first-order valence-electron chi connectivity index (χ1n) is 10.8. The average Bonchev–Trinajstić information content (AvgIpc) is 2.86. The van der Waals surface area contributed by atoms with Gasteiger partial charge in [0.25, 0.3) is 5.91 Å².